The number of nitrogens with two attached hydrogens (primary N) is 1. The number of nitrogen functional groups attached to an aromatic ring is 1. The molecule has 15 heavy (non-hydrogen) atoms. The van der Waals surface area contributed by atoms with Crippen LogP contribution in [0.4, 0.5) is 5.69 Å². The molecule has 0 aliphatic carbocycles. The normalized spacial score (nSPS) is 8.80. The van der Waals surface area contributed by atoms with Gasteiger partial charge in [-0.15, -0.1) is 10.1 Å². The monoisotopic (exact) mass is 273 g/mol. The Labute approximate surface area is 99.6 Å². The smallest absolute Gasteiger partial charge is 0.291 e. The lowest BCUT2D eigenvalue weighted by Crippen LogP contribution is -2.07. The predicted molar refractivity (Wildman–Crippen MR) is 58.1 cm³/mol. The van der Waals surface area contributed by atoms with Crippen molar-refractivity contribution in [2.75, 3.05) is 5.43 Å². The molecule has 1 aromatic carbocycles. The Hall–Kier alpha value is -0.950. The van der Waals surface area contributed by atoms with Crippen molar-refractivity contribution < 1.29 is 10.3 Å². The molecule has 84 valence electrons. The molecule has 1 aromatic rings. The molecule has 0 aliphatic rings. The van der Waals surface area contributed by atoms with Crippen molar-refractivity contribution in [2.45, 2.75) is 0 Å². The van der Waals surface area contributed by atoms with Crippen molar-refractivity contribution in [3.8, 4) is 0 Å². The number of nitrogens with zero attached hydrogens (tertiary/aromatic N) is 1. The highest BCUT2D eigenvalue weighted by Crippen LogP contribution is 2.32. The largest absolute Gasteiger partial charge is 0.328 e. The van der Waals surface area contributed by atoms with Crippen LogP contribution in [-0.2, 0) is 0 Å². The molecule has 9 heteroatoms. The summed E-state index contributed by atoms with van der Waals surface area (Å²) >= 11 is 17.1. The summed E-state index contributed by atoms with van der Waals surface area (Å²) in [7, 11) is 0. The summed E-state index contributed by atoms with van der Waals surface area (Å²) in [4.78, 5) is 8.36. The fourth-order valence-electron chi connectivity index (χ4n) is 0.680. The van der Waals surface area contributed by atoms with Gasteiger partial charge in [0.15, 0.2) is 0 Å². The molecule has 0 saturated heterocycles. The van der Waals surface area contributed by atoms with E-state index in [-0.39, 0.29) is 0 Å². The van der Waals surface area contributed by atoms with Crippen LogP contribution in [0.25, 0.3) is 0 Å². The molecule has 1 rings (SSSR count). The predicted octanol–water partition coefficient (Wildman–Crippen LogP) is 2.58. The van der Waals surface area contributed by atoms with Gasteiger partial charge in [-0.05, 0) is 12.1 Å². The van der Waals surface area contributed by atoms with Gasteiger partial charge in [0, 0.05) is 5.02 Å². The Balaban J connectivity index is 0.000000423. The summed E-state index contributed by atoms with van der Waals surface area (Å²) in [5.74, 6) is 5.14. The van der Waals surface area contributed by atoms with Gasteiger partial charge in [0.25, 0.3) is 5.09 Å². The van der Waals surface area contributed by atoms with Crippen LogP contribution in [0.3, 0.4) is 0 Å². The van der Waals surface area contributed by atoms with Gasteiger partial charge in [0.2, 0.25) is 0 Å². The van der Waals surface area contributed by atoms with E-state index in [9.17, 15) is 0 Å². The number of rotatable bonds is 1. The van der Waals surface area contributed by atoms with E-state index < -0.39 is 5.09 Å². The third kappa shape index (κ3) is 5.48. The molecule has 0 heterocycles. The van der Waals surface area contributed by atoms with Gasteiger partial charge >= 0.3 is 0 Å². The number of anilines is 1. The molecule has 0 unspecified atom stereocenters. The minimum absolute atomic E-state index is 0.407. The minimum atomic E-state index is -1.50. The van der Waals surface area contributed by atoms with Crippen LogP contribution in [0.1, 0.15) is 0 Å². The van der Waals surface area contributed by atoms with Crippen LogP contribution in [0, 0.1) is 10.1 Å². The average molecular weight is 274 g/mol. The van der Waals surface area contributed by atoms with Gasteiger partial charge in [0.1, 0.15) is 0 Å². The van der Waals surface area contributed by atoms with Crippen molar-refractivity contribution in [1.29, 1.82) is 0 Å². The van der Waals surface area contributed by atoms with Gasteiger partial charge in [-0.2, -0.15) is 0 Å². The first kappa shape index (κ1) is 14.1. The Morgan fingerprint density at radius 3 is 1.93 bits per heavy atom. The number of hydrogen-bond acceptors (Lipinski definition) is 4. The van der Waals surface area contributed by atoms with Crippen LogP contribution in [0.15, 0.2) is 12.1 Å². The van der Waals surface area contributed by atoms with Crippen LogP contribution in [-0.4, -0.2) is 10.3 Å². The maximum absolute atomic E-state index is 8.36. The second kappa shape index (κ2) is 6.52. The molecular formula is C6H6Cl3N3O3. The molecule has 0 atom stereocenters. The summed E-state index contributed by atoms with van der Waals surface area (Å²) < 4.78 is 0. The van der Waals surface area contributed by atoms with Gasteiger partial charge < -0.3 is 10.6 Å². The zero-order valence-corrected chi connectivity index (χ0v) is 9.34. The number of hydrogen-bond donors (Lipinski definition) is 3. The number of halogens is 3. The first-order chi connectivity index (χ1) is 6.88. The van der Waals surface area contributed by atoms with Gasteiger partial charge in [0.05, 0.1) is 15.7 Å². The van der Waals surface area contributed by atoms with E-state index >= 15 is 0 Å². The lowest BCUT2D eigenvalue weighted by atomic mass is 10.3. The van der Waals surface area contributed by atoms with E-state index in [1.54, 1.807) is 12.1 Å². The lowest BCUT2D eigenvalue weighted by molar-refractivity contribution is -0.742. The van der Waals surface area contributed by atoms with Crippen molar-refractivity contribution in [2.24, 2.45) is 5.84 Å². The number of benzene rings is 1. The fourth-order valence-corrected chi connectivity index (χ4v) is 1.61. The summed E-state index contributed by atoms with van der Waals surface area (Å²) in [5.41, 5.74) is 2.85. The molecule has 4 N–H and O–H groups in total. The van der Waals surface area contributed by atoms with Crippen LogP contribution >= 0.6 is 34.8 Å². The molecule has 0 aromatic heterocycles. The van der Waals surface area contributed by atoms with Gasteiger partial charge in [-0.1, -0.05) is 34.8 Å². The minimum Gasteiger partial charge on any atom is -0.328 e. The topological polar surface area (TPSA) is 101 Å². The second-order valence-corrected chi connectivity index (χ2v) is 3.38. The van der Waals surface area contributed by atoms with Crippen LogP contribution in [0.5, 0.6) is 0 Å². The highest BCUT2D eigenvalue weighted by Gasteiger charge is 2.04. The Bertz CT molecular complexity index is 334. The Kier molecular flexibility index (Phi) is 6.11. The highest BCUT2D eigenvalue weighted by molar-refractivity contribution is 6.41. The summed E-state index contributed by atoms with van der Waals surface area (Å²) in [6.07, 6.45) is 0. The first-order valence-corrected chi connectivity index (χ1v) is 4.46. The number of nitrogens with one attached hydrogen (secondary N) is 1. The van der Waals surface area contributed by atoms with E-state index in [2.05, 4.69) is 5.43 Å². The van der Waals surface area contributed by atoms with Crippen LogP contribution < -0.4 is 11.3 Å². The van der Waals surface area contributed by atoms with E-state index in [1.807, 2.05) is 0 Å². The zero-order valence-electron chi connectivity index (χ0n) is 7.08. The quantitative estimate of drug-likeness (QED) is 0.415. The van der Waals surface area contributed by atoms with Crippen molar-refractivity contribution in [3.05, 3.63) is 37.3 Å². The van der Waals surface area contributed by atoms with Crippen molar-refractivity contribution in [1.82, 2.24) is 0 Å². The van der Waals surface area contributed by atoms with E-state index in [0.29, 0.717) is 20.8 Å². The van der Waals surface area contributed by atoms with Crippen LogP contribution in [0.2, 0.25) is 15.1 Å². The molecular weight excluding hydrogens is 268 g/mol. The second-order valence-electron chi connectivity index (χ2n) is 2.13. The first-order valence-electron chi connectivity index (χ1n) is 3.33. The van der Waals surface area contributed by atoms with Gasteiger partial charge in [-0.3, -0.25) is 5.84 Å². The lowest BCUT2D eigenvalue weighted by Gasteiger charge is -2.05. The molecule has 0 aliphatic heterocycles. The summed E-state index contributed by atoms with van der Waals surface area (Å²) in [6.45, 7) is 0. The van der Waals surface area contributed by atoms with E-state index in [0.717, 1.165) is 0 Å². The molecule has 0 fully saturated rings. The maximum atomic E-state index is 8.36. The van der Waals surface area contributed by atoms with Crippen molar-refractivity contribution >= 4 is 40.5 Å². The molecule has 0 bridgehead atoms. The maximum Gasteiger partial charge on any atom is 0.291 e. The summed E-state index contributed by atoms with van der Waals surface area (Å²) in [6, 6.07) is 3.12. The average Bonchev–Trinajstić information content (AvgIpc) is 2.01. The SMILES string of the molecule is NNc1c(Cl)cc(Cl)cc1Cl.O=[N+]([O-])O. The Morgan fingerprint density at radius 2 is 1.67 bits per heavy atom. The third-order valence-electron chi connectivity index (χ3n) is 1.15. The molecule has 0 radical (unpaired) electrons. The zero-order chi connectivity index (χ0) is 12.0. The Morgan fingerprint density at radius 1 is 1.33 bits per heavy atom. The van der Waals surface area contributed by atoms with Crippen molar-refractivity contribution in [3.63, 3.8) is 0 Å². The summed E-state index contributed by atoms with van der Waals surface area (Å²) in [5, 5.41) is 14.9. The molecule has 0 saturated carbocycles. The highest BCUT2D eigenvalue weighted by atomic mass is 35.5. The molecule has 0 amide bonds. The number of hydrazine groups is 1. The third-order valence-corrected chi connectivity index (χ3v) is 1.97. The van der Waals surface area contributed by atoms with E-state index in [4.69, 9.17) is 56.0 Å². The standard InChI is InChI=1S/C6H5Cl3N2.HNO3/c7-3-1-4(8)6(11-10)5(9)2-3;2-1(3)4/h1-2,11H,10H2;(H,2,3,4). The van der Waals surface area contributed by atoms with E-state index in [1.165, 1.54) is 0 Å². The molecule has 6 nitrogen and oxygen atoms in total. The fraction of sp³-hybridized carbons (Fsp3) is 0. The van der Waals surface area contributed by atoms with Gasteiger partial charge in [-0.25, -0.2) is 0 Å². The molecule has 0 spiro atoms.